The molecule has 0 aliphatic carbocycles. The van der Waals surface area contributed by atoms with E-state index in [0.717, 1.165) is 6.20 Å². The lowest BCUT2D eigenvalue weighted by molar-refractivity contribution is -0.136. The van der Waals surface area contributed by atoms with Gasteiger partial charge in [-0.1, -0.05) is 16.1 Å². The largest absolute Gasteiger partial charge is 0.481 e. The Morgan fingerprint density at radius 1 is 1.67 bits per heavy atom. The molecule has 4 nitrogen and oxygen atoms in total. The number of aliphatic carboxylic acids is 1. The molecule has 0 spiro atoms. The van der Waals surface area contributed by atoms with E-state index < -0.39 is 5.97 Å². The maximum Gasteiger partial charge on any atom is 0.307 e. The molecule has 0 radical (unpaired) electrons. The second kappa shape index (κ2) is 3.51. The highest BCUT2D eigenvalue weighted by Crippen LogP contribution is 2.31. The van der Waals surface area contributed by atoms with E-state index in [1.54, 1.807) is 0 Å². The Morgan fingerprint density at radius 2 is 2.40 bits per heavy atom. The van der Waals surface area contributed by atoms with E-state index >= 15 is 0 Å². The number of nitrogens with zero attached hydrogens (tertiary/aromatic N) is 2. The van der Waals surface area contributed by atoms with Crippen molar-refractivity contribution < 1.29 is 14.4 Å². The van der Waals surface area contributed by atoms with Crippen molar-refractivity contribution >= 4 is 17.6 Å². The topological polar surface area (TPSA) is 55.1 Å². The van der Waals surface area contributed by atoms with Gasteiger partial charge in [0, 0.05) is 18.0 Å². The van der Waals surface area contributed by atoms with Crippen LogP contribution in [-0.2, 0) is 11.2 Å². The minimum Gasteiger partial charge on any atom is -0.481 e. The van der Waals surface area contributed by atoms with Crippen molar-refractivity contribution in [3.05, 3.63) is 29.0 Å². The third-order valence-corrected chi connectivity index (χ3v) is 2.32. The fourth-order valence-electron chi connectivity index (χ4n) is 1.41. The standard InChI is InChI=1S/C9H6ClFN2O2/c10-6-1-2-13(11)9-5(3-7(14)15)4-12-8(6)9/h1-2,4H,3H2,(H,14,15). The van der Waals surface area contributed by atoms with Gasteiger partial charge in [0.05, 0.1) is 11.4 Å². The maximum absolute atomic E-state index is 13.3. The number of fused-ring (bicyclic) bond motifs is 1. The summed E-state index contributed by atoms with van der Waals surface area (Å²) in [4.78, 5) is 14.7. The summed E-state index contributed by atoms with van der Waals surface area (Å²) in [5.41, 5.74) is 0.699. The normalized spacial score (nSPS) is 10.8. The zero-order valence-corrected chi connectivity index (χ0v) is 8.20. The van der Waals surface area contributed by atoms with Gasteiger partial charge in [0.15, 0.2) is 0 Å². The number of carbonyl (C=O) groups is 1. The van der Waals surface area contributed by atoms with Gasteiger partial charge in [0.1, 0.15) is 11.4 Å². The fourth-order valence-corrected chi connectivity index (χ4v) is 1.60. The molecule has 2 aliphatic heterocycles. The van der Waals surface area contributed by atoms with E-state index in [0.29, 0.717) is 15.4 Å². The second-order valence-corrected chi connectivity index (χ2v) is 3.43. The molecule has 15 heavy (non-hydrogen) atoms. The molecule has 78 valence electrons. The van der Waals surface area contributed by atoms with Crippen molar-refractivity contribution in [1.29, 1.82) is 0 Å². The first kappa shape index (κ1) is 9.92. The molecule has 1 N–H and O–H groups in total. The molecule has 0 saturated carbocycles. The van der Waals surface area contributed by atoms with E-state index in [2.05, 4.69) is 4.98 Å². The number of carboxylic acid groups (broad SMARTS) is 1. The van der Waals surface area contributed by atoms with Gasteiger partial charge in [-0.25, -0.2) is 0 Å². The smallest absolute Gasteiger partial charge is 0.307 e. The molecule has 0 aromatic carbocycles. The van der Waals surface area contributed by atoms with Crippen molar-refractivity contribution in [2.45, 2.75) is 6.42 Å². The third kappa shape index (κ3) is 1.66. The summed E-state index contributed by atoms with van der Waals surface area (Å²) in [5, 5.41) is 8.91. The van der Waals surface area contributed by atoms with Gasteiger partial charge in [-0.2, -0.15) is 4.79 Å². The predicted octanol–water partition coefficient (Wildman–Crippen LogP) is 2.00. The van der Waals surface area contributed by atoms with Crippen LogP contribution in [0.1, 0.15) is 5.56 Å². The quantitative estimate of drug-likeness (QED) is 0.855. The highest BCUT2D eigenvalue weighted by molar-refractivity contribution is 6.33. The van der Waals surface area contributed by atoms with Crippen LogP contribution in [0.3, 0.4) is 0 Å². The molecule has 0 aromatic heterocycles. The summed E-state index contributed by atoms with van der Waals surface area (Å²) in [5.74, 6) is -1.04. The highest BCUT2D eigenvalue weighted by Gasteiger charge is 2.19. The van der Waals surface area contributed by atoms with E-state index in [9.17, 15) is 9.28 Å². The molecule has 0 bridgehead atoms. The second-order valence-electron chi connectivity index (χ2n) is 3.03. The summed E-state index contributed by atoms with van der Waals surface area (Å²) >= 11 is 5.79. The van der Waals surface area contributed by atoms with Crippen LogP contribution in [0, 0.1) is 0 Å². The zero-order valence-electron chi connectivity index (χ0n) is 7.44. The predicted molar refractivity (Wildman–Crippen MR) is 51.7 cm³/mol. The first-order chi connectivity index (χ1) is 7.09. The molecule has 6 heteroatoms. The van der Waals surface area contributed by atoms with Crippen LogP contribution in [0.5, 0.6) is 0 Å². The number of carboxylic acids is 1. The Kier molecular flexibility index (Phi) is 2.32. The lowest BCUT2D eigenvalue weighted by Gasteiger charge is -2.05. The van der Waals surface area contributed by atoms with Crippen molar-refractivity contribution in [3.63, 3.8) is 0 Å². The van der Waals surface area contributed by atoms with E-state index in [-0.39, 0.29) is 17.8 Å². The average molecular weight is 229 g/mol. The molecule has 0 aromatic rings. The molecule has 0 saturated heterocycles. The Morgan fingerprint density at radius 3 is 3.07 bits per heavy atom. The number of pyridine rings is 1. The van der Waals surface area contributed by atoms with Gasteiger partial charge < -0.3 is 5.11 Å². The van der Waals surface area contributed by atoms with Crippen molar-refractivity contribution in [2.24, 2.45) is 0 Å². The molecular formula is C9H6ClFN2O2. The Hall–Kier alpha value is -1.62. The Labute approximate surface area is 89.2 Å². The maximum atomic E-state index is 13.3. The zero-order chi connectivity index (χ0) is 11.0. The van der Waals surface area contributed by atoms with Gasteiger partial charge in [0.2, 0.25) is 0 Å². The fraction of sp³-hybridized carbons (Fsp3) is 0.111. The first-order valence-corrected chi connectivity index (χ1v) is 4.50. The van der Waals surface area contributed by atoms with E-state index in [4.69, 9.17) is 16.7 Å². The molecule has 0 fully saturated rings. The lowest BCUT2D eigenvalue weighted by Crippen LogP contribution is -2.02. The molecule has 2 aliphatic rings. The summed E-state index contributed by atoms with van der Waals surface area (Å²) in [6.45, 7) is 0. The van der Waals surface area contributed by atoms with Crippen LogP contribution in [0.2, 0.25) is 5.02 Å². The summed E-state index contributed by atoms with van der Waals surface area (Å²) in [6.07, 6.45) is 2.17. The minimum atomic E-state index is -1.04. The lowest BCUT2D eigenvalue weighted by atomic mass is 10.1. The number of hydrogen-bond acceptors (Lipinski definition) is 2. The first-order valence-electron chi connectivity index (χ1n) is 4.12. The SMILES string of the molecule is O=C(O)Cc1cnc2c(Cl)ccn(F)c1-2. The minimum absolute atomic E-state index is 0.116. The van der Waals surface area contributed by atoms with Gasteiger partial charge in [-0.05, 0) is 6.07 Å². The molecule has 0 amide bonds. The van der Waals surface area contributed by atoms with Crippen LogP contribution >= 0.6 is 11.6 Å². The van der Waals surface area contributed by atoms with Crippen molar-refractivity contribution in [1.82, 2.24) is 9.77 Å². The monoisotopic (exact) mass is 228 g/mol. The molecule has 2 heterocycles. The highest BCUT2D eigenvalue weighted by atomic mass is 35.5. The Bertz CT molecular complexity index is 497. The molecule has 0 atom stereocenters. The number of halogens is 2. The van der Waals surface area contributed by atoms with Gasteiger partial charge in [-0.15, -0.1) is 0 Å². The number of rotatable bonds is 2. The number of hydrogen-bond donors (Lipinski definition) is 1. The Balaban J connectivity index is 2.58. The summed E-state index contributed by atoms with van der Waals surface area (Å²) in [6, 6.07) is 1.36. The van der Waals surface area contributed by atoms with Gasteiger partial charge >= 0.3 is 5.97 Å². The third-order valence-electron chi connectivity index (χ3n) is 2.01. The van der Waals surface area contributed by atoms with Crippen LogP contribution in [0.25, 0.3) is 11.4 Å². The van der Waals surface area contributed by atoms with E-state index in [1.807, 2.05) is 0 Å². The van der Waals surface area contributed by atoms with E-state index in [1.165, 1.54) is 12.3 Å². The number of aromatic nitrogens is 2. The van der Waals surface area contributed by atoms with Crippen LogP contribution in [0.4, 0.5) is 4.48 Å². The van der Waals surface area contributed by atoms with Crippen LogP contribution in [0.15, 0.2) is 18.5 Å². The summed E-state index contributed by atoms with van der Waals surface area (Å²) < 4.78 is 13.3. The average Bonchev–Trinajstić information content (AvgIpc) is 2.56. The molecular weight excluding hydrogens is 223 g/mol. The summed E-state index contributed by atoms with van der Waals surface area (Å²) in [7, 11) is 0. The molecule has 2 rings (SSSR count). The van der Waals surface area contributed by atoms with Crippen LogP contribution < -0.4 is 0 Å². The molecule has 0 unspecified atom stereocenters. The van der Waals surface area contributed by atoms with Gasteiger partial charge in [0.25, 0.3) is 0 Å². The van der Waals surface area contributed by atoms with Gasteiger partial charge in [-0.3, -0.25) is 9.78 Å². The van der Waals surface area contributed by atoms with Crippen molar-refractivity contribution in [2.75, 3.05) is 0 Å². The van der Waals surface area contributed by atoms with Crippen LogP contribution in [-0.4, -0.2) is 20.8 Å². The van der Waals surface area contributed by atoms with Crippen molar-refractivity contribution in [3.8, 4) is 11.4 Å².